The second-order valence-electron chi connectivity index (χ2n) is 9.68. The number of carbonyl (C=O) groups is 1. The van der Waals surface area contributed by atoms with Crippen molar-refractivity contribution in [2.75, 3.05) is 32.5 Å². The van der Waals surface area contributed by atoms with Gasteiger partial charge in [0.05, 0.1) is 29.2 Å². The van der Waals surface area contributed by atoms with Crippen LogP contribution in [0, 0.1) is 11.2 Å². The molecule has 2 aromatic carbocycles. The zero-order chi connectivity index (χ0) is 27.1. The summed E-state index contributed by atoms with van der Waals surface area (Å²) in [4.78, 5) is 20.4. The molecular formula is C28H33ClFN3O4S. The Labute approximate surface area is 231 Å². The van der Waals surface area contributed by atoms with Gasteiger partial charge in [0.15, 0.2) is 0 Å². The Balaban J connectivity index is 1.35. The number of ether oxygens (including phenoxy) is 1. The van der Waals surface area contributed by atoms with Crippen molar-refractivity contribution in [2.24, 2.45) is 5.41 Å². The Morgan fingerprint density at radius 1 is 1.29 bits per heavy atom. The molecule has 204 valence electrons. The average Bonchev–Trinajstić information content (AvgIpc) is 2.94. The molecule has 1 atom stereocenters. The van der Waals surface area contributed by atoms with Crippen LogP contribution in [-0.4, -0.2) is 58.6 Å². The number of piperidine rings is 1. The standard InChI is InChI=1S/C28H33ClFN3O4S/c1-37-20-6-7-24-22(17-20)26(23(29)18-31-24)25(34)8-9-28(27(35)32-36)10-13-33(14-11-28)12-3-15-38-21-5-2-4-19(30)16-21/h2,4-7,16-18,25,34,36H,3,8-15H2,1H3,(H,32,35). The van der Waals surface area contributed by atoms with Gasteiger partial charge in [-0.25, -0.2) is 9.87 Å². The van der Waals surface area contributed by atoms with Gasteiger partial charge in [0.2, 0.25) is 5.91 Å². The van der Waals surface area contributed by atoms with Crippen LogP contribution in [0.25, 0.3) is 10.9 Å². The Morgan fingerprint density at radius 2 is 2.08 bits per heavy atom. The summed E-state index contributed by atoms with van der Waals surface area (Å²) in [6.45, 7) is 2.30. The predicted octanol–water partition coefficient (Wildman–Crippen LogP) is 5.62. The van der Waals surface area contributed by atoms with E-state index in [0.29, 0.717) is 66.0 Å². The third-order valence-electron chi connectivity index (χ3n) is 7.38. The van der Waals surface area contributed by atoms with E-state index < -0.39 is 17.4 Å². The number of thioether (sulfide) groups is 1. The molecule has 3 N–H and O–H groups in total. The van der Waals surface area contributed by atoms with Crippen molar-refractivity contribution in [1.29, 1.82) is 0 Å². The maximum atomic E-state index is 13.4. The SMILES string of the molecule is COc1ccc2ncc(Cl)c(C(O)CCC3(C(=O)NO)CCN(CCCSc4cccc(F)c4)CC3)c2c1. The largest absolute Gasteiger partial charge is 0.497 e. The third kappa shape index (κ3) is 6.76. The fraction of sp³-hybridized carbons (Fsp3) is 0.429. The smallest absolute Gasteiger partial charge is 0.249 e. The van der Waals surface area contributed by atoms with Gasteiger partial charge in [0, 0.05) is 22.0 Å². The molecule has 38 heavy (non-hydrogen) atoms. The van der Waals surface area contributed by atoms with E-state index in [-0.39, 0.29) is 5.82 Å². The van der Waals surface area contributed by atoms with Crippen LogP contribution < -0.4 is 10.2 Å². The summed E-state index contributed by atoms with van der Waals surface area (Å²) in [5, 5.41) is 21.7. The first-order valence-electron chi connectivity index (χ1n) is 12.7. The van der Waals surface area contributed by atoms with Gasteiger partial charge in [0.1, 0.15) is 11.6 Å². The van der Waals surface area contributed by atoms with E-state index >= 15 is 0 Å². The number of nitrogens with zero attached hydrogens (tertiary/aromatic N) is 2. The summed E-state index contributed by atoms with van der Waals surface area (Å²) in [5.74, 6) is 0.861. The molecule has 10 heteroatoms. The van der Waals surface area contributed by atoms with Crippen LogP contribution in [0.2, 0.25) is 5.02 Å². The Morgan fingerprint density at radius 3 is 2.79 bits per heavy atom. The second-order valence-corrected chi connectivity index (χ2v) is 11.3. The number of hydrogen-bond donors (Lipinski definition) is 3. The highest BCUT2D eigenvalue weighted by Gasteiger charge is 2.41. The number of benzene rings is 2. The van der Waals surface area contributed by atoms with Gasteiger partial charge in [0.25, 0.3) is 0 Å². The number of hydroxylamine groups is 1. The molecule has 4 rings (SSSR count). The van der Waals surface area contributed by atoms with E-state index in [1.54, 1.807) is 43.1 Å². The second kappa shape index (κ2) is 13.1. The maximum absolute atomic E-state index is 13.4. The molecule has 1 fully saturated rings. The molecule has 0 aliphatic carbocycles. The van der Waals surface area contributed by atoms with Crippen molar-refractivity contribution < 1.29 is 24.2 Å². The number of nitrogens with one attached hydrogen (secondary N) is 1. The Kier molecular flexibility index (Phi) is 9.84. The highest BCUT2D eigenvalue weighted by atomic mass is 35.5. The van der Waals surface area contributed by atoms with Gasteiger partial charge in [-0.2, -0.15) is 0 Å². The number of aliphatic hydroxyl groups excluding tert-OH is 1. The fourth-order valence-corrected chi connectivity index (χ4v) is 6.30. The van der Waals surface area contributed by atoms with Crippen LogP contribution >= 0.6 is 23.4 Å². The normalized spacial score (nSPS) is 16.3. The summed E-state index contributed by atoms with van der Waals surface area (Å²) in [6, 6.07) is 12.0. The number of hydrogen-bond acceptors (Lipinski definition) is 7. The zero-order valence-corrected chi connectivity index (χ0v) is 22.9. The van der Waals surface area contributed by atoms with Crippen LogP contribution in [0.1, 0.15) is 43.8 Å². The van der Waals surface area contributed by atoms with Crippen molar-refractivity contribution in [3.63, 3.8) is 0 Å². The topological polar surface area (TPSA) is 94.9 Å². The monoisotopic (exact) mass is 561 g/mol. The summed E-state index contributed by atoms with van der Waals surface area (Å²) >= 11 is 8.09. The quantitative estimate of drug-likeness (QED) is 0.121. The minimum Gasteiger partial charge on any atom is -0.497 e. The first-order chi connectivity index (χ1) is 18.3. The maximum Gasteiger partial charge on any atom is 0.249 e. The number of rotatable bonds is 11. The molecule has 0 radical (unpaired) electrons. The highest BCUT2D eigenvalue weighted by molar-refractivity contribution is 7.99. The van der Waals surface area contributed by atoms with Crippen LogP contribution in [0.4, 0.5) is 4.39 Å². The van der Waals surface area contributed by atoms with E-state index in [9.17, 15) is 19.5 Å². The lowest BCUT2D eigenvalue weighted by Gasteiger charge is -2.40. The third-order valence-corrected chi connectivity index (χ3v) is 8.76. The van der Waals surface area contributed by atoms with E-state index in [4.69, 9.17) is 16.3 Å². The number of methoxy groups -OCH3 is 1. The minimum absolute atomic E-state index is 0.228. The summed E-state index contributed by atoms with van der Waals surface area (Å²) < 4.78 is 18.7. The predicted molar refractivity (Wildman–Crippen MR) is 147 cm³/mol. The molecule has 2 heterocycles. The molecule has 0 bridgehead atoms. The van der Waals surface area contributed by atoms with E-state index in [1.165, 1.54) is 12.3 Å². The van der Waals surface area contributed by atoms with Crippen LogP contribution in [-0.2, 0) is 4.79 Å². The lowest BCUT2D eigenvalue weighted by Crippen LogP contribution is -2.48. The first kappa shape index (κ1) is 28.6. The van der Waals surface area contributed by atoms with Crippen molar-refractivity contribution in [1.82, 2.24) is 15.4 Å². The summed E-state index contributed by atoms with van der Waals surface area (Å²) in [5.41, 5.74) is 2.33. The number of amides is 1. The van der Waals surface area contributed by atoms with Crippen LogP contribution in [0.15, 0.2) is 53.6 Å². The van der Waals surface area contributed by atoms with E-state index in [0.717, 1.165) is 23.6 Å². The van der Waals surface area contributed by atoms with Gasteiger partial charge >= 0.3 is 0 Å². The highest BCUT2D eigenvalue weighted by Crippen LogP contribution is 2.41. The van der Waals surface area contributed by atoms with Crippen LogP contribution in [0.5, 0.6) is 5.75 Å². The summed E-state index contributed by atoms with van der Waals surface area (Å²) in [6.07, 6.45) is 3.39. The Hall–Kier alpha value is -2.43. The van der Waals surface area contributed by atoms with Crippen molar-refractivity contribution in [3.8, 4) is 5.75 Å². The van der Waals surface area contributed by atoms with Gasteiger partial charge in [-0.05, 0) is 93.9 Å². The molecule has 0 saturated carbocycles. The Bertz CT molecular complexity index is 1260. The molecule has 1 aromatic heterocycles. The number of carbonyl (C=O) groups excluding carboxylic acids is 1. The van der Waals surface area contributed by atoms with Crippen LogP contribution in [0.3, 0.4) is 0 Å². The van der Waals surface area contributed by atoms with Crippen molar-refractivity contribution in [3.05, 3.63) is 65.1 Å². The lowest BCUT2D eigenvalue weighted by molar-refractivity contribution is -0.143. The lowest BCUT2D eigenvalue weighted by atomic mass is 9.73. The van der Waals surface area contributed by atoms with E-state index in [2.05, 4.69) is 9.88 Å². The molecule has 1 aliphatic rings. The van der Waals surface area contributed by atoms with Gasteiger partial charge < -0.3 is 14.7 Å². The fourth-order valence-electron chi connectivity index (χ4n) is 5.14. The van der Waals surface area contributed by atoms with Gasteiger partial charge in [-0.15, -0.1) is 11.8 Å². The van der Waals surface area contributed by atoms with Crippen molar-refractivity contribution >= 4 is 40.2 Å². The number of likely N-dealkylation sites (tertiary alicyclic amines) is 1. The minimum atomic E-state index is -0.915. The molecule has 1 aliphatic heterocycles. The molecule has 3 aromatic rings. The molecular weight excluding hydrogens is 529 g/mol. The van der Waals surface area contributed by atoms with E-state index in [1.807, 2.05) is 17.6 Å². The zero-order valence-electron chi connectivity index (χ0n) is 21.3. The number of aliphatic hydroxyl groups is 1. The first-order valence-corrected chi connectivity index (χ1v) is 14.1. The number of fused-ring (bicyclic) bond motifs is 1. The molecule has 1 amide bonds. The molecule has 0 spiro atoms. The molecule has 7 nitrogen and oxygen atoms in total. The number of halogens is 2. The van der Waals surface area contributed by atoms with Gasteiger partial charge in [-0.3, -0.25) is 15.0 Å². The summed E-state index contributed by atoms with van der Waals surface area (Å²) in [7, 11) is 1.57. The number of aromatic nitrogens is 1. The average molecular weight is 562 g/mol. The molecule has 1 saturated heterocycles. The van der Waals surface area contributed by atoms with Crippen molar-refractivity contribution in [2.45, 2.75) is 43.1 Å². The van der Waals surface area contributed by atoms with Gasteiger partial charge in [-0.1, -0.05) is 17.7 Å². The number of pyridine rings is 1. The molecule has 1 unspecified atom stereocenters.